The number of rotatable bonds is 4. The molecular formula is C17H16ClN3. The minimum atomic E-state index is 0.190. The number of pyridine rings is 1. The Kier molecular flexibility index (Phi) is 4.02. The summed E-state index contributed by atoms with van der Waals surface area (Å²) in [6.07, 6.45) is 8.15. The first-order valence-corrected chi connectivity index (χ1v) is 7.25. The van der Waals surface area contributed by atoms with Crippen molar-refractivity contribution in [3.05, 3.63) is 82.7 Å². The van der Waals surface area contributed by atoms with Gasteiger partial charge in [-0.15, -0.1) is 0 Å². The van der Waals surface area contributed by atoms with Gasteiger partial charge in [-0.25, -0.2) is 4.98 Å². The Morgan fingerprint density at radius 2 is 2.05 bits per heavy atom. The van der Waals surface area contributed by atoms with Gasteiger partial charge in [-0.3, -0.25) is 4.98 Å². The SMILES string of the molecule is Cc1c(Cl)cccc1[C@@H](Cc1cccnc1)c1cnc[nH]1. The minimum Gasteiger partial charge on any atom is -0.348 e. The molecule has 0 aliphatic rings. The van der Waals surface area contributed by atoms with E-state index in [9.17, 15) is 0 Å². The summed E-state index contributed by atoms with van der Waals surface area (Å²) in [4.78, 5) is 11.6. The maximum absolute atomic E-state index is 6.28. The number of hydrogen-bond donors (Lipinski definition) is 1. The van der Waals surface area contributed by atoms with Gasteiger partial charge in [0, 0.05) is 35.2 Å². The molecule has 3 rings (SSSR count). The minimum absolute atomic E-state index is 0.190. The summed E-state index contributed by atoms with van der Waals surface area (Å²) in [6.45, 7) is 2.06. The zero-order valence-corrected chi connectivity index (χ0v) is 12.5. The molecule has 21 heavy (non-hydrogen) atoms. The van der Waals surface area contributed by atoms with Gasteiger partial charge in [-0.05, 0) is 42.2 Å². The zero-order valence-electron chi connectivity index (χ0n) is 11.8. The molecule has 2 heterocycles. The summed E-state index contributed by atoms with van der Waals surface area (Å²) in [6, 6.07) is 10.1. The fraction of sp³-hybridized carbons (Fsp3) is 0.176. The second kappa shape index (κ2) is 6.10. The summed E-state index contributed by atoms with van der Waals surface area (Å²) < 4.78 is 0. The van der Waals surface area contributed by atoms with Crippen molar-refractivity contribution in [3.8, 4) is 0 Å². The Labute approximate surface area is 129 Å². The maximum Gasteiger partial charge on any atom is 0.0921 e. The molecule has 0 saturated carbocycles. The molecule has 4 heteroatoms. The van der Waals surface area contributed by atoms with E-state index in [2.05, 4.69) is 34.0 Å². The van der Waals surface area contributed by atoms with Crippen molar-refractivity contribution < 1.29 is 0 Å². The number of imidazole rings is 1. The standard InChI is InChI=1S/C17H16ClN3/c1-12-14(5-2-6-16(12)18)15(17-10-20-11-21-17)8-13-4-3-7-19-9-13/h2-7,9-11,15H,8H2,1H3,(H,20,21)/t15-/m1/s1. The summed E-state index contributed by atoms with van der Waals surface area (Å²) in [5, 5.41) is 0.795. The van der Waals surface area contributed by atoms with E-state index in [1.54, 1.807) is 12.5 Å². The van der Waals surface area contributed by atoms with E-state index in [4.69, 9.17) is 11.6 Å². The first-order chi connectivity index (χ1) is 10.3. The van der Waals surface area contributed by atoms with E-state index < -0.39 is 0 Å². The van der Waals surface area contributed by atoms with Crippen LogP contribution in [0.25, 0.3) is 0 Å². The van der Waals surface area contributed by atoms with Crippen LogP contribution in [0, 0.1) is 6.92 Å². The van der Waals surface area contributed by atoms with Gasteiger partial charge in [0.15, 0.2) is 0 Å². The number of nitrogens with one attached hydrogen (secondary N) is 1. The van der Waals surface area contributed by atoms with Crippen LogP contribution in [0.3, 0.4) is 0 Å². The molecule has 0 spiro atoms. The van der Waals surface area contributed by atoms with Crippen LogP contribution >= 0.6 is 11.6 Å². The second-order valence-corrected chi connectivity index (χ2v) is 5.49. The van der Waals surface area contributed by atoms with Gasteiger partial charge in [0.05, 0.1) is 6.33 Å². The van der Waals surface area contributed by atoms with E-state index in [1.807, 2.05) is 30.6 Å². The summed E-state index contributed by atoms with van der Waals surface area (Å²) in [5.74, 6) is 0.190. The number of nitrogens with zero attached hydrogens (tertiary/aromatic N) is 2. The molecule has 106 valence electrons. The third-order valence-corrected chi connectivity index (χ3v) is 4.15. The van der Waals surface area contributed by atoms with E-state index in [-0.39, 0.29) is 5.92 Å². The van der Waals surface area contributed by atoms with Crippen LogP contribution in [0.2, 0.25) is 5.02 Å². The monoisotopic (exact) mass is 297 g/mol. The van der Waals surface area contributed by atoms with Gasteiger partial charge in [-0.2, -0.15) is 0 Å². The van der Waals surface area contributed by atoms with Gasteiger partial charge < -0.3 is 4.98 Å². The highest BCUT2D eigenvalue weighted by atomic mass is 35.5. The molecule has 2 aromatic heterocycles. The summed E-state index contributed by atoms with van der Waals surface area (Å²) in [7, 11) is 0. The normalized spacial score (nSPS) is 12.3. The van der Waals surface area contributed by atoms with Gasteiger partial charge >= 0.3 is 0 Å². The summed E-state index contributed by atoms with van der Waals surface area (Å²) in [5.41, 5.74) is 4.61. The predicted octanol–water partition coefficient (Wildman–Crippen LogP) is 4.14. The Hall–Kier alpha value is -2.13. The van der Waals surface area contributed by atoms with E-state index in [0.717, 1.165) is 22.7 Å². The molecule has 0 aliphatic heterocycles. The lowest BCUT2D eigenvalue weighted by Crippen LogP contribution is -2.08. The van der Waals surface area contributed by atoms with Crippen molar-refractivity contribution in [1.29, 1.82) is 0 Å². The molecule has 1 atom stereocenters. The largest absolute Gasteiger partial charge is 0.348 e. The lowest BCUT2D eigenvalue weighted by Gasteiger charge is -2.19. The fourth-order valence-electron chi connectivity index (χ4n) is 2.60. The first-order valence-electron chi connectivity index (χ1n) is 6.88. The van der Waals surface area contributed by atoms with Gasteiger partial charge in [0.2, 0.25) is 0 Å². The molecular weight excluding hydrogens is 282 g/mol. The molecule has 0 unspecified atom stereocenters. The predicted molar refractivity (Wildman–Crippen MR) is 84.6 cm³/mol. The van der Waals surface area contributed by atoms with Crippen molar-refractivity contribution in [2.24, 2.45) is 0 Å². The highest BCUT2D eigenvalue weighted by Gasteiger charge is 2.19. The van der Waals surface area contributed by atoms with Crippen molar-refractivity contribution >= 4 is 11.6 Å². The highest BCUT2D eigenvalue weighted by molar-refractivity contribution is 6.31. The average Bonchev–Trinajstić information content (AvgIpc) is 3.03. The fourth-order valence-corrected chi connectivity index (χ4v) is 2.78. The van der Waals surface area contributed by atoms with Crippen LogP contribution in [0.5, 0.6) is 0 Å². The lowest BCUT2D eigenvalue weighted by molar-refractivity contribution is 0.771. The molecule has 3 nitrogen and oxygen atoms in total. The highest BCUT2D eigenvalue weighted by Crippen LogP contribution is 2.32. The van der Waals surface area contributed by atoms with Crippen molar-refractivity contribution in [2.75, 3.05) is 0 Å². The Morgan fingerprint density at radius 1 is 1.14 bits per heavy atom. The molecule has 0 aliphatic carbocycles. The molecule has 0 fully saturated rings. The van der Waals surface area contributed by atoms with Gasteiger partial charge in [0.1, 0.15) is 0 Å². The van der Waals surface area contributed by atoms with E-state index >= 15 is 0 Å². The van der Waals surface area contributed by atoms with Crippen LogP contribution in [0.15, 0.2) is 55.2 Å². The molecule has 0 radical (unpaired) electrons. The number of aromatic amines is 1. The number of H-pyrrole nitrogens is 1. The van der Waals surface area contributed by atoms with Crippen LogP contribution < -0.4 is 0 Å². The van der Waals surface area contributed by atoms with E-state index in [0.29, 0.717) is 0 Å². The molecule has 0 amide bonds. The third-order valence-electron chi connectivity index (χ3n) is 3.74. The Bertz CT molecular complexity index is 708. The number of hydrogen-bond acceptors (Lipinski definition) is 2. The summed E-state index contributed by atoms with van der Waals surface area (Å²) >= 11 is 6.28. The van der Waals surface area contributed by atoms with Crippen molar-refractivity contribution in [1.82, 2.24) is 15.0 Å². The smallest absolute Gasteiger partial charge is 0.0921 e. The molecule has 0 saturated heterocycles. The topological polar surface area (TPSA) is 41.6 Å². The Morgan fingerprint density at radius 3 is 2.76 bits per heavy atom. The maximum atomic E-state index is 6.28. The van der Waals surface area contributed by atoms with Crippen LogP contribution in [0.4, 0.5) is 0 Å². The van der Waals surface area contributed by atoms with Crippen molar-refractivity contribution in [3.63, 3.8) is 0 Å². The number of halogens is 1. The Balaban J connectivity index is 2.03. The number of benzene rings is 1. The molecule has 0 bridgehead atoms. The number of aromatic nitrogens is 3. The van der Waals surface area contributed by atoms with Crippen LogP contribution in [-0.2, 0) is 6.42 Å². The third kappa shape index (κ3) is 2.98. The average molecular weight is 298 g/mol. The van der Waals surface area contributed by atoms with E-state index in [1.165, 1.54) is 11.1 Å². The molecule has 1 N–H and O–H groups in total. The zero-order chi connectivity index (χ0) is 14.7. The van der Waals surface area contributed by atoms with Crippen LogP contribution in [-0.4, -0.2) is 15.0 Å². The second-order valence-electron chi connectivity index (χ2n) is 5.08. The van der Waals surface area contributed by atoms with Crippen LogP contribution in [0.1, 0.15) is 28.3 Å². The molecule has 3 aromatic rings. The first kappa shape index (κ1) is 13.8. The van der Waals surface area contributed by atoms with Gasteiger partial charge in [0.25, 0.3) is 0 Å². The lowest BCUT2D eigenvalue weighted by atomic mass is 9.87. The molecule has 1 aromatic carbocycles. The quantitative estimate of drug-likeness (QED) is 0.786. The van der Waals surface area contributed by atoms with Crippen molar-refractivity contribution in [2.45, 2.75) is 19.3 Å². The van der Waals surface area contributed by atoms with Gasteiger partial charge in [-0.1, -0.05) is 29.8 Å².